The van der Waals surface area contributed by atoms with Crippen LogP contribution >= 0.6 is 11.3 Å². The van der Waals surface area contributed by atoms with E-state index < -0.39 is 17.7 Å². The van der Waals surface area contributed by atoms with Crippen LogP contribution in [0.5, 0.6) is 0 Å². The third kappa shape index (κ3) is 4.44. The Hall–Kier alpha value is -1.43. The van der Waals surface area contributed by atoms with Gasteiger partial charge in [0.1, 0.15) is 5.60 Å². The Morgan fingerprint density at radius 1 is 1.44 bits per heavy atom. The largest absolute Gasteiger partial charge is 0.444 e. The molecule has 0 radical (unpaired) electrons. The second kappa shape index (κ2) is 5.48. The van der Waals surface area contributed by atoms with E-state index in [1.807, 2.05) is 6.92 Å². The number of rotatable bonds is 3. The molecule has 100 valence electrons. The zero-order valence-electron chi connectivity index (χ0n) is 11.2. The van der Waals surface area contributed by atoms with E-state index in [9.17, 15) is 9.59 Å². The van der Waals surface area contributed by atoms with Gasteiger partial charge in [0.05, 0.1) is 6.04 Å². The SMILES string of the molecule is Cc1csc(C(=O)C(C)NC(=O)OC(C)(C)C)n1. The Kier molecular flexibility index (Phi) is 4.45. The van der Waals surface area contributed by atoms with Gasteiger partial charge in [-0.1, -0.05) is 0 Å². The fourth-order valence-corrected chi connectivity index (χ4v) is 2.03. The molecule has 1 unspecified atom stereocenters. The molecule has 0 aliphatic rings. The number of ether oxygens (including phenoxy) is 1. The zero-order chi connectivity index (χ0) is 13.9. The highest BCUT2D eigenvalue weighted by atomic mass is 32.1. The lowest BCUT2D eigenvalue weighted by molar-refractivity contribution is 0.0497. The number of hydrogen-bond acceptors (Lipinski definition) is 5. The van der Waals surface area contributed by atoms with Crippen LogP contribution in [0, 0.1) is 6.92 Å². The molecular weight excluding hydrogens is 252 g/mol. The van der Waals surface area contributed by atoms with Crippen molar-refractivity contribution >= 4 is 23.2 Å². The fraction of sp³-hybridized carbons (Fsp3) is 0.583. The summed E-state index contributed by atoms with van der Waals surface area (Å²) in [6, 6.07) is -0.648. The Labute approximate surface area is 111 Å². The summed E-state index contributed by atoms with van der Waals surface area (Å²) in [6.45, 7) is 8.73. The van der Waals surface area contributed by atoms with Crippen LogP contribution < -0.4 is 5.32 Å². The summed E-state index contributed by atoms with van der Waals surface area (Å²) < 4.78 is 5.08. The molecule has 6 heteroatoms. The van der Waals surface area contributed by atoms with Crippen LogP contribution in [0.1, 0.15) is 43.2 Å². The number of carbonyl (C=O) groups excluding carboxylic acids is 2. The summed E-state index contributed by atoms with van der Waals surface area (Å²) in [5, 5.41) is 4.70. The molecule has 1 atom stereocenters. The minimum Gasteiger partial charge on any atom is -0.444 e. The van der Waals surface area contributed by atoms with Crippen molar-refractivity contribution in [2.45, 2.75) is 46.3 Å². The van der Waals surface area contributed by atoms with Crippen molar-refractivity contribution in [3.63, 3.8) is 0 Å². The molecule has 0 aliphatic heterocycles. The Morgan fingerprint density at radius 3 is 2.50 bits per heavy atom. The van der Waals surface area contributed by atoms with Crippen molar-refractivity contribution < 1.29 is 14.3 Å². The van der Waals surface area contributed by atoms with Gasteiger partial charge in [-0.15, -0.1) is 11.3 Å². The molecule has 1 rings (SSSR count). The first-order valence-corrected chi connectivity index (χ1v) is 6.53. The summed E-state index contributed by atoms with van der Waals surface area (Å²) in [6.07, 6.45) is -0.600. The van der Waals surface area contributed by atoms with Crippen LogP contribution in [0.2, 0.25) is 0 Å². The fourth-order valence-electron chi connectivity index (χ4n) is 1.20. The van der Waals surface area contributed by atoms with Gasteiger partial charge in [0, 0.05) is 11.1 Å². The lowest BCUT2D eigenvalue weighted by Crippen LogP contribution is -2.41. The maximum absolute atomic E-state index is 11.9. The van der Waals surface area contributed by atoms with Crippen LogP contribution in [0.3, 0.4) is 0 Å². The minimum absolute atomic E-state index is 0.209. The number of ketones is 1. The molecule has 1 amide bonds. The lowest BCUT2D eigenvalue weighted by atomic mass is 10.2. The molecule has 0 bridgehead atoms. The smallest absolute Gasteiger partial charge is 0.408 e. The van der Waals surface area contributed by atoms with Crippen LogP contribution in [0.25, 0.3) is 0 Å². The van der Waals surface area contributed by atoms with Gasteiger partial charge in [-0.2, -0.15) is 0 Å². The maximum Gasteiger partial charge on any atom is 0.408 e. The summed E-state index contributed by atoms with van der Waals surface area (Å²) in [7, 11) is 0. The van der Waals surface area contributed by atoms with Crippen LogP contribution in [0.15, 0.2) is 5.38 Å². The number of amides is 1. The minimum atomic E-state index is -0.648. The second-order valence-electron chi connectivity index (χ2n) is 5.03. The zero-order valence-corrected chi connectivity index (χ0v) is 12.1. The normalized spacial score (nSPS) is 12.9. The molecule has 5 nitrogen and oxygen atoms in total. The molecule has 18 heavy (non-hydrogen) atoms. The number of carbonyl (C=O) groups is 2. The summed E-state index contributed by atoms with van der Waals surface area (Å²) in [4.78, 5) is 27.5. The van der Waals surface area contributed by atoms with Crippen molar-refractivity contribution in [3.8, 4) is 0 Å². The first-order chi connectivity index (χ1) is 8.19. The van der Waals surface area contributed by atoms with Gasteiger partial charge in [-0.3, -0.25) is 4.79 Å². The van der Waals surface area contributed by atoms with Crippen molar-refractivity contribution in [2.24, 2.45) is 0 Å². The lowest BCUT2D eigenvalue weighted by Gasteiger charge is -2.21. The molecule has 0 aliphatic carbocycles. The highest BCUT2D eigenvalue weighted by molar-refractivity contribution is 7.11. The third-order valence-corrected chi connectivity index (χ3v) is 2.93. The van der Waals surface area contributed by atoms with Crippen molar-refractivity contribution in [1.82, 2.24) is 10.3 Å². The number of aryl methyl sites for hydroxylation is 1. The number of nitrogens with one attached hydrogen (secondary N) is 1. The number of aromatic nitrogens is 1. The van der Waals surface area contributed by atoms with Crippen molar-refractivity contribution in [3.05, 3.63) is 16.1 Å². The van der Waals surface area contributed by atoms with E-state index in [0.29, 0.717) is 5.01 Å². The van der Waals surface area contributed by atoms with E-state index in [1.54, 1.807) is 33.1 Å². The second-order valence-corrected chi connectivity index (χ2v) is 5.88. The summed E-state index contributed by atoms with van der Waals surface area (Å²) in [5.74, 6) is -0.209. The molecule has 0 saturated carbocycles. The summed E-state index contributed by atoms with van der Waals surface area (Å²) in [5.41, 5.74) is 0.220. The molecule has 1 heterocycles. The number of Topliss-reactive ketones (excluding diaryl/α,β-unsaturated/α-hetero) is 1. The van der Waals surface area contributed by atoms with E-state index in [1.165, 1.54) is 11.3 Å². The molecule has 0 aromatic carbocycles. The van der Waals surface area contributed by atoms with Gasteiger partial charge in [-0.25, -0.2) is 9.78 Å². The molecule has 1 aromatic heterocycles. The first kappa shape index (κ1) is 14.6. The first-order valence-electron chi connectivity index (χ1n) is 5.65. The number of thiazole rings is 1. The number of alkyl carbamates (subject to hydrolysis) is 1. The predicted molar refractivity (Wildman–Crippen MR) is 70.0 cm³/mol. The number of hydrogen-bond donors (Lipinski definition) is 1. The van der Waals surface area contributed by atoms with Crippen LogP contribution in [0.4, 0.5) is 4.79 Å². The molecule has 0 saturated heterocycles. The van der Waals surface area contributed by atoms with E-state index >= 15 is 0 Å². The van der Waals surface area contributed by atoms with Gasteiger partial charge in [0.25, 0.3) is 0 Å². The van der Waals surface area contributed by atoms with Crippen LogP contribution in [-0.2, 0) is 4.74 Å². The Balaban J connectivity index is 2.58. The predicted octanol–water partition coefficient (Wildman–Crippen LogP) is 2.55. The van der Waals surface area contributed by atoms with Gasteiger partial charge >= 0.3 is 6.09 Å². The van der Waals surface area contributed by atoms with Gasteiger partial charge in [-0.05, 0) is 34.6 Å². The van der Waals surface area contributed by atoms with Crippen molar-refractivity contribution in [2.75, 3.05) is 0 Å². The van der Waals surface area contributed by atoms with E-state index in [-0.39, 0.29) is 5.78 Å². The third-order valence-electron chi connectivity index (χ3n) is 1.96. The molecule has 1 aromatic rings. The molecule has 0 spiro atoms. The average Bonchev–Trinajstić information content (AvgIpc) is 2.60. The standard InChI is InChI=1S/C12H18N2O3S/c1-7-6-18-10(13-7)9(15)8(2)14-11(16)17-12(3,4)5/h6,8H,1-5H3,(H,14,16). The quantitative estimate of drug-likeness (QED) is 0.857. The van der Waals surface area contributed by atoms with E-state index in [0.717, 1.165) is 5.69 Å². The number of nitrogens with zero attached hydrogens (tertiary/aromatic N) is 1. The molecular formula is C12H18N2O3S. The molecule has 0 fully saturated rings. The topological polar surface area (TPSA) is 68.3 Å². The van der Waals surface area contributed by atoms with Gasteiger partial charge < -0.3 is 10.1 Å². The monoisotopic (exact) mass is 270 g/mol. The highest BCUT2D eigenvalue weighted by Crippen LogP contribution is 2.12. The van der Waals surface area contributed by atoms with Crippen LogP contribution in [-0.4, -0.2) is 28.5 Å². The average molecular weight is 270 g/mol. The highest BCUT2D eigenvalue weighted by Gasteiger charge is 2.23. The van der Waals surface area contributed by atoms with E-state index in [4.69, 9.17) is 4.74 Å². The van der Waals surface area contributed by atoms with Gasteiger partial charge in [0.2, 0.25) is 5.78 Å². The Bertz CT molecular complexity index is 448. The summed E-state index contributed by atoms with van der Waals surface area (Å²) >= 11 is 1.27. The Morgan fingerprint density at radius 2 is 2.06 bits per heavy atom. The van der Waals surface area contributed by atoms with Gasteiger partial charge in [0.15, 0.2) is 5.01 Å². The van der Waals surface area contributed by atoms with E-state index in [2.05, 4.69) is 10.3 Å². The van der Waals surface area contributed by atoms with Crippen molar-refractivity contribution in [1.29, 1.82) is 0 Å². The molecule has 1 N–H and O–H groups in total. The maximum atomic E-state index is 11.9.